The predicted molar refractivity (Wildman–Crippen MR) is 120 cm³/mol. The van der Waals surface area contributed by atoms with E-state index >= 15 is 0 Å². The van der Waals surface area contributed by atoms with Crippen molar-refractivity contribution in [2.24, 2.45) is 0 Å². The number of amides is 1. The lowest BCUT2D eigenvalue weighted by Crippen LogP contribution is -2.57. The molecule has 0 N–H and O–H groups in total. The van der Waals surface area contributed by atoms with Crippen LogP contribution < -0.4 is 4.74 Å². The van der Waals surface area contributed by atoms with Gasteiger partial charge in [0, 0.05) is 30.5 Å². The Morgan fingerprint density at radius 2 is 1.79 bits per heavy atom. The standard InChI is InChI=1S/C24H35NO3Si/c1-24(2,3)28-23(26)25-19-10-8-11-20(25)17-22(16-19)27-21-12-7-9-18(15-21)13-14-29(4,5)6/h7,9,12,15,19-20,22H,8,10-11,16-17H2,1-6H3/t19-,20+,22?. The Morgan fingerprint density at radius 1 is 1.14 bits per heavy atom. The Hall–Kier alpha value is -1.93. The lowest BCUT2D eigenvalue weighted by molar-refractivity contribution is -0.0405. The van der Waals surface area contributed by atoms with Crippen molar-refractivity contribution < 1.29 is 14.3 Å². The first kappa shape index (κ1) is 21.8. The molecule has 2 fully saturated rings. The summed E-state index contributed by atoms with van der Waals surface area (Å²) in [5.74, 6) is 4.18. The van der Waals surface area contributed by atoms with Gasteiger partial charge >= 0.3 is 6.09 Å². The van der Waals surface area contributed by atoms with Crippen LogP contribution in [0.4, 0.5) is 4.79 Å². The molecule has 2 heterocycles. The van der Waals surface area contributed by atoms with Gasteiger partial charge in [-0.3, -0.25) is 0 Å². The normalized spacial score (nSPS) is 24.3. The van der Waals surface area contributed by atoms with Gasteiger partial charge in [-0.1, -0.05) is 31.6 Å². The maximum Gasteiger partial charge on any atom is 0.410 e. The van der Waals surface area contributed by atoms with Crippen molar-refractivity contribution in [1.82, 2.24) is 4.90 Å². The van der Waals surface area contributed by atoms with Gasteiger partial charge in [-0.05, 0) is 58.2 Å². The van der Waals surface area contributed by atoms with E-state index in [1.54, 1.807) is 0 Å². The van der Waals surface area contributed by atoms with Gasteiger partial charge < -0.3 is 14.4 Å². The van der Waals surface area contributed by atoms with Gasteiger partial charge in [0.1, 0.15) is 25.5 Å². The molecule has 0 aliphatic carbocycles. The topological polar surface area (TPSA) is 38.8 Å². The summed E-state index contributed by atoms with van der Waals surface area (Å²) in [6.07, 6.45) is 4.90. The van der Waals surface area contributed by atoms with Crippen LogP contribution in [0.15, 0.2) is 24.3 Å². The quantitative estimate of drug-likeness (QED) is 0.467. The summed E-state index contributed by atoms with van der Waals surface area (Å²) in [6, 6.07) is 8.52. The minimum Gasteiger partial charge on any atom is -0.490 e. The van der Waals surface area contributed by atoms with Gasteiger partial charge in [0.25, 0.3) is 0 Å². The average Bonchev–Trinajstić information content (AvgIpc) is 2.57. The second kappa shape index (κ2) is 8.43. The molecule has 2 bridgehead atoms. The molecular weight excluding hydrogens is 378 g/mol. The highest BCUT2D eigenvalue weighted by Crippen LogP contribution is 2.36. The number of carbonyl (C=O) groups is 1. The van der Waals surface area contributed by atoms with E-state index in [9.17, 15) is 4.79 Å². The number of piperidine rings is 2. The fourth-order valence-corrected chi connectivity index (χ4v) is 4.66. The molecule has 0 spiro atoms. The summed E-state index contributed by atoms with van der Waals surface area (Å²) in [7, 11) is -1.40. The molecule has 1 aromatic rings. The summed E-state index contributed by atoms with van der Waals surface area (Å²) in [6.45, 7) is 12.5. The minimum absolute atomic E-state index is 0.129. The molecule has 0 radical (unpaired) electrons. The Bertz CT molecular complexity index is 783. The van der Waals surface area contributed by atoms with Crippen molar-refractivity contribution >= 4 is 14.2 Å². The molecule has 1 unspecified atom stereocenters. The Morgan fingerprint density at radius 3 is 2.38 bits per heavy atom. The van der Waals surface area contributed by atoms with Crippen LogP contribution in [-0.4, -0.2) is 42.9 Å². The van der Waals surface area contributed by atoms with Gasteiger partial charge in [-0.15, -0.1) is 5.54 Å². The molecule has 2 aliphatic rings. The summed E-state index contributed by atoms with van der Waals surface area (Å²) >= 11 is 0. The number of nitrogens with zero attached hydrogens (tertiary/aromatic N) is 1. The van der Waals surface area contributed by atoms with Gasteiger partial charge in [0.05, 0.1) is 0 Å². The molecule has 5 heteroatoms. The number of hydrogen-bond acceptors (Lipinski definition) is 3. The number of rotatable bonds is 2. The Kier molecular flexibility index (Phi) is 6.33. The number of benzene rings is 1. The van der Waals surface area contributed by atoms with Crippen LogP contribution in [0.25, 0.3) is 0 Å². The molecule has 1 aromatic carbocycles. The SMILES string of the molecule is CC(C)(C)OC(=O)N1[C@@H]2CCC[C@H]1CC(Oc1cccc(C#C[Si](C)(C)C)c1)C2. The summed E-state index contributed by atoms with van der Waals surface area (Å²) < 4.78 is 12.0. The van der Waals surface area contributed by atoms with E-state index < -0.39 is 13.7 Å². The number of hydrogen-bond donors (Lipinski definition) is 0. The lowest BCUT2D eigenvalue weighted by atomic mass is 9.83. The zero-order valence-electron chi connectivity index (χ0n) is 18.7. The largest absolute Gasteiger partial charge is 0.490 e. The second-order valence-corrected chi connectivity index (χ2v) is 15.1. The van der Waals surface area contributed by atoms with Crippen LogP contribution in [-0.2, 0) is 4.74 Å². The van der Waals surface area contributed by atoms with E-state index in [-0.39, 0.29) is 24.3 Å². The van der Waals surface area contributed by atoms with E-state index in [2.05, 4.69) is 31.1 Å². The molecular formula is C24H35NO3Si. The van der Waals surface area contributed by atoms with Crippen LogP contribution >= 0.6 is 0 Å². The maximum atomic E-state index is 12.7. The van der Waals surface area contributed by atoms with Crippen molar-refractivity contribution in [1.29, 1.82) is 0 Å². The van der Waals surface area contributed by atoms with Crippen molar-refractivity contribution in [3.63, 3.8) is 0 Å². The zero-order chi connectivity index (χ0) is 21.2. The molecule has 29 heavy (non-hydrogen) atoms. The van der Waals surface area contributed by atoms with Crippen molar-refractivity contribution in [3.05, 3.63) is 29.8 Å². The maximum absolute atomic E-state index is 12.7. The molecule has 158 valence electrons. The summed E-state index contributed by atoms with van der Waals surface area (Å²) in [5, 5.41) is 0. The van der Waals surface area contributed by atoms with Crippen LogP contribution in [0.3, 0.4) is 0 Å². The number of ether oxygens (including phenoxy) is 2. The molecule has 2 saturated heterocycles. The smallest absolute Gasteiger partial charge is 0.410 e. The van der Waals surface area contributed by atoms with Gasteiger partial charge in [-0.2, -0.15) is 0 Å². The van der Waals surface area contributed by atoms with E-state index in [0.29, 0.717) is 0 Å². The molecule has 3 atom stereocenters. The molecule has 4 nitrogen and oxygen atoms in total. The van der Waals surface area contributed by atoms with E-state index in [1.165, 1.54) is 6.42 Å². The second-order valence-electron chi connectivity index (χ2n) is 10.4. The van der Waals surface area contributed by atoms with Crippen LogP contribution in [0.5, 0.6) is 5.75 Å². The third-order valence-electron chi connectivity index (χ3n) is 5.25. The first-order valence-corrected chi connectivity index (χ1v) is 14.3. The highest BCUT2D eigenvalue weighted by atomic mass is 28.3. The van der Waals surface area contributed by atoms with Crippen LogP contribution in [0.1, 0.15) is 58.4 Å². The fourth-order valence-electron chi connectivity index (χ4n) is 4.14. The predicted octanol–water partition coefficient (Wildman–Crippen LogP) is 5.61. The Labute approximate surface area is 177 Å². The highest BCUT2D eigenvalue weighted by molar-refractivity contribution is 6.83. The number of carbonyl (C=O) groups excluding carboxylic acids is 1. The summed E-state index contributed by atoms with van der Waals surface area (Å²) in [5.41, 5.74) is 3.96. The molecule has 3 rings (SSSR count). The Balaban J connectivity index is 1.67. The zero-order valence-corrected chi connectivity index (χ0v) is 19.7. The average molecular weight is 414 g/mol. The van der Waals surface area contributed by atoms with E-state index in [0.717, 1.165) is 37.0 Å². The van der Waals surface area contributed by atoms with Crippen LogP contribution in [0.2, 0.25) is 19.6 Å². The fraction of sp³-hybridized carbons (Fsp3) is 0.625. The van der Waals surface area contributed by atoms with Gasteiger partial charge in [0.15, 0.2) is 0 Å². The minimum atomic E-state index is -1.40. The molecule has 1 amide bonds. The number of fused-ring (bicyclic) bond motifs is 2. The molecule has 2 aliphatic heterocycles. The van der Waals surface area contributed by atoms with Crippen molar-refractivity contribution in [2.75, 3.05) is 0 Å². The van der Waals surface area contributed by atoms with Gasteiger partial charge in [-0.25, -0.2) is 4.79 Å². The van der Waals surface area contributed by atoms with Crippen molar-refractivity contribution in [2.45, 2.75) is 96.3 Å². The molecule has 0 saturated carbocycles. The third kappa shape index (κ3) is 6.27. The van der Waals surface area contributed by atoms with E-state index in [4.69, 9.17) is 9.47 Å². The van der Waals surface area contributed by atoms with Crippen molar-refractivity contribution in [3.8, 4) is 17.2 Å². The van der Waals surface area contributed by atoms with Gasteiger partial charge in [0.2, 0.25) is 0 Å². The highest BCUT2D eigenvalue weighted by Gasteiger charge is 2.43. The first-order valence-electron chi connectivity index (χ1n) is 10.8. The lowest BCUT2D eigenvalue weighted by Gasteiger charge is -2.48. The third-order valence-corrected chi connectivity index (χ3v) is 6.13. The van der Waals surface area contributed by atoms with Crippen LogP contribution in [0, 0.1) is 11.5 Å². The monoisotopic (exact) mass is 413 g/mol. The first-order chi connectivity index (χ1) is 13.5. The molecule has 0 aromatic heterocycles. The summed E-state index contributed by atoms with van der Waals surface area (Å²) in [4.78, 5) is 14.7. The van der Waals surface area contributed by atoms with E-state index in [1.807, 2.05) is 49.9 Å².